The third-order valence-electron chi connectivity index (χ3n) is 2.55. The van der Waals surface area contributed by atoms with Crippen LogP contribution in [0.1, 0.15) is 20.9 Å². The number of ketones is 1. The molecule has 0 saturated carbocycles. The summed E-state index contributed by atoms with van der Waals surface area (Å²) in [6.45, 7) is 1.83. The van der Waals surface area contributed by atoms with Gasteiger partial charge in [-0.25, -0.2) is 4.98 Å². The largest absolute Gasteiger partial charge is 0.365 e. The smallest absolute Gasteiger partial charge is 0.197 e. The van der Waals surface area contributed by atoms with Gasteiger partial charge in [-0.05, 0) is 30.7 Å². The summed E-state index contributed by atoms with van der Waals surface area (Å²) in [6, 6.07) is 7.40. The van der Waals surface area contributed by atoms with E-state index in [2.05, 4.69) is 10.3 Å². The van der Waals surface area contributed by atoms with Crippen LogP contribution in [0, 0.1) is 6.92 Å². The molecule has 0 amide bonds. The van der Waals surface area contributed by atoms with Crippen LogP contribution in [0.5, 0.6) is 0 Å². The van der Waals surface area contributed by atoms with Crippen molar-refractivity contribution in [1.29, 1.82) is 0 Å². The van der Waals surface area contributed by atoms with Gasteiger partial charge in [0, 0.05) is 12.1 Å². The molecule has 0 fully saturated rings. The number of carbonyl (C=O) groups is 1. The van der Waals surface area contributed by atoms with Crippen LogP contribution in [0.25, 0.3) is 6.08 Å². The second-order valence-electron chi connectivity index (χ2n) is 3.90. The van der Waals surface area contributed by atoms with Gasteiger partial charge in [0.1, 0.15) is 0 Å². The lowest BCUT2D eigenvalue weighted by Crippen LogP contribution is -1.93. The predicted molar refractivity (Wildman–Crippen MR) is 81.2 cm³/mol. The fourth-order valence-corrected chi connectivity index (χ4v) is 2.62. The summed E-state index contributed by atoms with van der Waals surface area (Å²) in [5.74, 6) is -0.0589. The first kappa shape index (κ1) is 13.8. The molecule has 3 nitrogen and oxygen atoms in total. The molecule has 1 heterocycles. The van der Waals surface area contributed by atoms with E-state index in [4.69, 9.17) is 11.6 Å². The lowest BCUT2D eigenvalue weighted by molar-refractivity contribution is 0.105. The Balaban J connectivity index is 2.21. The summed E-state index contributed by atoms with van der Waals surface area (Å²) in [7, 11) is 1.78. The third-order valence-corrected chi connectivity index (χ3v) is 4.09. The van der Waals surface area contributed by atoms with Crippen molar-refractivity contribution in [3.8, 4) is 0 Å². The number of nitrogens with zero attached hydrogens (tertiary/aromatic N) is 1. The molecule has 19 heavy (non-hydrogen) atoms. The molecule has 0 radical (unpaired) electrons. The number of halogens is 1. The normalized spacial score (nSPS) is 10.9. The van der Waals surface area contributed by atoms with Gasteiger partial charge in [0.05, 0.1) is 10.6 Å². The Hall–Kier alpha value is -1.65. The Morgan fingerprint density at radius 1 is 1.42 bits per heavy atom. The number of aromatic nitrogens is 1. The summed E-state index contributed by atoms with van der Waals surface area (Å²) in [5, 5.41) is 4.31. The summed E-state index contributed by atoms with van der Waals surface area (Å²) in [4.78, 5) is 17.0. The highest BCUT2D eigenvalue weighted by molar-refractivity contribution is 7.17. The molecule has 0 unspecified atom stereocenters. The first-order valence-corrected chi connectivity index (χ1v) is 6.93. The van der Waals surface area contributed by atoms with Crippen LogP contribution < -0.4 is 5.32 Å². The van der Waals surface area contributed by atoms with Crippen molar-refractivity contribution in [3.63, 3.8) is 0 Å². The Morgan fingerprint density at radius 2 is 2.16 bits per heavy atom. The molecule has 2 rings (SSSR count). The summed E-state index contributed by atoms with van der Waals surface area (Å²) in [6.07, 6.45) is 3.25. The molecule has 0 aliphatic carbocycles. The fraction of sp³-hybridized carbons (Fsp3) is 0.143. The second kappa shape index (κ2) is 5.99. The van der Waals surface area contributed by atoms with Crippen LogP contribution in [0.4, 0.5) is 5.13 Å². The van der Waals surface area contributed by atoms with Crippen LogP contribution in [0.3, 0.4) is 0 Å². The van der Waals surface area contributed by atoms with Gasteiger partial charge in [0.25, 0.3) is 0 Å². The zero-order valence-electron chi connectivity index (χ0n) is 10.6. The molecule has 0 bridgehead atoms. The second-order valence-corrected chi connectivity index (χ2v) is 5.31. The van der Waals surface area contributed by atoms with Gasteiger partial charge in [-0.15, -0.1) is 0 Å². The minimum absolute atomic E-state index is 0.0589. The molecule has 1 N–H and O–H groups in total. The Labute approximate surface area is 120 Å². The number of rotatable bonds is 4. The van der Waals surface area contributed by atoms with Gasteiger partial charge >= 0.3 is 0 Å². The fourth-order valence-electron chi connectivity index (χ4n) is 1.58. The van der Waals surface area contributed by atoms with Crippen LogP contribution in [-0.4, -0.2) is 17.8 Å². The average molecular weight is 293 g/mol. The zero-order valence-corrected chi connectivity index (χ0v) is 12.2. The monoisotopic (exact) mass is 292 g/mol. The highest BCUT2D eigenvalue weighted by Crippen LogP contribution is 2.23. The number of carbonyl (C=O) groups excluding carboxylic acids is 1. The maximum absolute atomic E-state index is 12.1. The van der Waals surface area contributed by atoms with Gasteiger partial charge in [0.15, 0.2) is 10.9 Å². The molecular weight excluding hydrogens is 280 g/mol. The van der Waals surface area contributed by atoms with Crippen LogP contribution in [0.15, 0.2) is 30.3 Å². The molecule has 0 aliphatic rings. The van der Waals surface area contributed by atoms with E-state index in [-0.39, 0.29) is 5.78 Å². The van der Waals surface area contributed by atoms with Crippen molar-refractivity contribution in [2.24, 2.45) is 0 Å². The van der Waals surface area contributed by atoms with Crippen molar-refractivity contribution >= 4 is 39.9 Å². The van der Waals surface area contributed by atoms with Gasteiger partial charge in [-0.3, -0.25) is 4.79 Å². The molecule has 0 atom stereocenters. The minimum atomic E-state index is -0.0589. The van der Waals surface area contributed by atoms with Gasteiger partial charge < -0.3 is 5.32 Å². The summed E-state index contributed by atoms with van der Waals surface area (Å²) >= 11 is 7.38. The average Bonchev–Trinajstić information content (AvgIpc) is 2.79. The first-order valence-electron chi connectivity index (χ1n) is 5.74. The van der Waals surface area contributed by atoms with Gasteiger partial charge in [-0.2, -0.15) is 0 Å². The van der Waals surface area contributed by atoms with Gasteiger partial charge in [-0.1, -0.05) is 41.1 Å². The molecule has 1 aromatic heterocycles. The van der Waals surface area contributed by atoms with E-state index in [0.29, 0.717) is 9.90 Å². The van der Waals surface area contributed by atoms with E-state index >= 15 is 0 Å². The third kappa shape index (κ3) is 3.22. The molecule has 0 aliphatic heterocycles. The highest BCUT2D eigenvalue weighted by atomic mass is 35.5. The molecule has 98 valence electrons. The molecular formula is C14H13ClN2OS. The summed E-state index contributed by atoms with van der Waals surface area (Å²) < 4.78 is 0. The molecule has 2 aromatic rings. The van der Waals surface area contributed by atoms with Crippen LogP contribution in [0.2, 0.25) is 5.02 Å². The van der Waals surface area contributed by atoms with E-state index in [0.717, 1.165) is 16.4 Å². The van der Waals surface area contributed by atoms with Crippen molar-refractivity contribution in [2.75, 3.05) is 12.4 Å². The Morgan fingerprint density at radius 3 is 2.79 bits per heavy atom. The van der Waals surface area contributed by atoms with E-state index in [1.807, 2.05) is 25.1 Å². The number of allylic oxidation sites excluding steroid dienone is 1. The number of thiazole rings is 1. The number of hydrogen-bond acceptors (Lipinski definition) is 4. The molecule has 0 saturated heterocycles. The topological polar surface area (TPSA) is 42.0 Å². The standard InChI is InChI=1S/C14H13ClN2OS/c1-9-13(19-14(16-2)17-9)12(18)8-7-10-5-3-4-6-11(10)15/h3-8H,1-2H3,(H,16,17)/b8-7+. The first-order chi connectivity index (χ1) is 9.11. The minimum Gasteiger partial charge on any atom is -0.365 e. The van der Waals surface area contributed by atoms with Gasteiger partial charge in [0.2, 0.25) is 0 Å². The van der Waals surface area contributed by atoms with Crippen LogP contribution in [-0.2, 0) is 0 Å². The maximum atomic E-state index is 12.1. The lowest BCUT2D eigenvalue weighted by atomic mass is 10.2. The molecule has 0 spiro atoms. The number of aryl methyl sites for hydroxylation is 1. The van der Waals surface area contributed by atoms with E-state index in [9.17, 15) is 4.79 Å². The molecule has 1 aromatic carbocycles. The summed E-state index contributed by atoms with van der Waals surface area (Å²) in [5.41, 5.74) is 1.57. The number of anilines is 1. The zero-order chi connectivity index (χ0) is 13.8. The number of hydrogen-bond donors (Lipinski definition) is 1. The van der Waals surface area contributed by atoms with E-state index in [1.165, 1.54) is 17.4 Å². The Bertz CT molecular complexity index is 634. The van der Waals surface area contributed by atoms with Crippen molar-refractivity contribution in [3.05, 3.63) is 51.5 Å². The molecule has 5 heteroatoms. The van der Waals surface area contributed by atoms with E-state index < -0.39 is 0 Å². The lowest BCUT2D eigenvalue weighted by Gasteiger charge is -1.96. The Kier molecular flexibility index (Phi) is 4.35. The van der Waals surface area contributed by atoms with Crippen molar-refractivity contribution in [2.45, 2.75) is 6.92 Å². The quantitative estimate of drug-likeness (QED) is 0.683. The number of benzene rings is 1. The van der Waals surface area contributed by atoms with E-state index in [1.54, 1.807) is 19.2 Å². The van der Waals surface area contributed by atoms with Crippen molar-refractivity contribution in [1.82, 2.24) is 4.98 Å². The highest BCUT2D eigenvalue weighted by Gasteiger charge is 2.12. The van der Waals surface area contributed by atoms with Crippen LogP contribution >= 0.6 is 22.9 Å². The number of nitrogens with one attached hydrogen (secondary N) is 1. The van der Waals surface area contributed by atoms with Crippen molar-refractivity contribution < 1.29 is 4.79 Å². The SMILES string of the molecule is CNc1nc(C)c(C(=O)/C=C/c2ccccc2Cl)s1. The predicted octanol–water partition coefficient (Wildman–Crippen LogP) is 4.04. The maximum Gasteiger partial charge on any atom is 0.197 e.